The van der Waals surface area contributed by atoms with Gasteiger partial charge in [0.05, 0.1) is 21.8 Å². The lowest BCUT2D eigenvalue weighted by Crippen LogP contribution is -2.07. The Labute approximate surface area is 126 Å². The maximum Gasteiger partial charge on any atom is 0.149 e. The fourth-order valence-corrected chi connectivity index (χ4v) is 2.02. The maximum atomic E-state index is 13.7. The van der Waals surface area contributed by atoms with Crippen molar-refractivity contribution in [2.24, 2.45) is 0 Å². The summed E-state index contributed by atoms with van der Waals surface area (Å²) < 4.78 is 53.9. The molecule has 0 heterocycles. The van der Waals surface area contributed by atoms with E-state index in [0.717, 1.165) is 18.2 Å². The average Bonchev–Trinajstić information content (AvgIpc) is 2.42. The summed E-state index contributed by atoms with van der Waals surface area (Å²) in [7, 11) is 0. The average molecular weight is 359 g/mol. The largest absolute Gasteiger partial charge is 0.378 e. The van der Waals surface area contributed by atoms with Crippen molar-refractivity contribution in [1.82, 2.24) is 0 Å². The first-order valence-electron chi connectivity index (χ1n) is 5.69. The van der Waals surface area contributed by atoms with Crippen LogP contribution in [0, 0.1) is 34.6 Å². The van der Waals surface area contributed by atoms with Crippen LogP contribution in [0.2, 0.25) is 0 Å². The van der Waals surface area contributed by atoms with Gasteiger partial charge in [-0.1, -0.05) is 0 Å². The van der Waals surface area contributed by atoms with Gasteiger partial charge in [-0.3, -0.25) is 0 Å². The molecule has 21 heavy (non-hydrogen) atoms. The number of nitrogens with one attached hydrogen (secondary N) is 1. The van der Waals surface area contributed by atoms with E-state index in [0.29, 0.717) is 6.07 Å². The standard InChI is InChI=1S/C14H7BrF4N2/c15-9-3-14(13(19)4-12(9)18)21-6-8-10(16)1-7(5-20)2-11(8)17/h1-4,21H,6H2. The third-order valence-electron chi connectivity index (χ3n) is 2.74. The van der Waals surface area contributed by atoms with Crippen LogP contribution in [0.1, 0.15) is 11.1 Å². The quantitative estimate of drug-likeness (QED) is 0.648. The topological polar surface area (TPSA) is 35.8 Å². The third-order valence-corrected chi connectivity index (χ3v) is 3.34. The molecule has 0 atom stereocenters. The third kappa shape index (κ3) is 3.34. The van der Waals surface area contributed by atoms with Gasteiger partial charge in [0.2, 0.25) is 0 Å². The van der Waals surface area contributed by atoms with Crippen LogP contribution in [0.4, 0.5) is 23.2 Å². The smallest absolute Gasteiger partial charge is 0.149 e. The number of rotatable bonds is 3. The van der Waals surface area contributed by atoms with Crippen LogP contribution in [-0.2, 0) is 6.54 Å². The van der Waals surface area contributed by atoms with Gasteiger partial charge in [0, 0.05) is 18.2 Å². The van der Waals surface area contributed by atoms with Crippen LogP contribution < -0.4 is 5.32 Å². The highest BCUT2D eigenvalue weighted by atomic mass is 79.9. The first-order chi connectivity index (χ1) is 9.92. The molecule has 0 radical (unpaired) electrons. The van der Waals surface area contributed by atoms with Crippen molar-refractivity contribution in [2.45, 2.75) is 6.54 Å². The van der Waals surface area contributed by atoms with Crippen LogP contribution in [0.25, 0.3) is 0 Å². The molecule has 2 nitrogen and oxygen atoms in total. The molecule has 2 aromatic carbocycles. The minimum absolute atomic E-state index is 0.0205. The van der Waals surface area contributed by atoms with Crippen molar-refractivity contribution in [3.63, 3.8) is 0 Å². The van der Waals surface area contributed by atoms with Gasteiger partial charge >= 0.3 is 0 Å². The predicted octanol–water partition coefficient (Wildman–Crippen LogP) is 4.49. The minimum atomic E-state index is -0.916. The predicted molar refractivity (Wildman–Crippen MR) is 72.5 cm³/mol. The van der Waals surface area contributed by atoms with E-state index in [4.69, 9.17) is 5.26 Å². The molecule has 2 rings (SSSR count). The maximum absolute atomic E-state index is 13.7. The molecular formula is C14H7BrF4N2. The highest BCUT2D eigenvalue weighted by molar-refractivity contribution is 9.10. The van der Waals surface area contributed by atoms with E-state index in [1.54, 1.807) is 6.07 Å². The second-order valence-electron chi connectivity index (χ2n) is 4.13. The van der Waals surface area contributed by atoms with E-state index in [-0.39, 0.29) is 27.8 Å². The zero-order valence-corrected chi connectivity index (χ0v) is 11.9. The van der Waals surface area contributed by atoms with Gasteiger partial charge in [-0.15, -0.1) is 0 Å². The molecule has 0 saturated heterocycles. The van der Waals surface area contributed by atoms with Crippen molar-refractivity contribution < 1.29 is 17.6 Å². The number of nitriles is 1. The van der Waals surface area contributed by atoms with Gasteiger partial charge in [0.25, 0.3) is 0 Å². The summed E-state index contributed by atoms with van der Waals surface area (Å²) in [4.78, 5) is 0. The summed E-state index contributed by atoms with van der Waals surface area (Å²) in [5.41, 5.74) is -0.593. The molecule has 0 saturated carbocycles. The second-order valence-corrected chi connectivity index (χ2v) is 4.98. The number of halogens is 5. The highest BCUT2D eigenvalue weighted by Crippen LogP contribution is 2.25. The normalized spacial score (nSPS) is 10.3. The Balaban J connectivity index is 2.25. The van der Waals surface area contributed by atoms with Crippen molar-refractivity contribution in [3.8, 4) is 6.07 Å². The summed E-state index contributed by atoms with van der Waals surface area (Å²) in [5.74, 6) is -3.50. The Bertz CT molecular complexity index is 717. The van der Waals surface area contributed by atoms with Gasteiger partial charge in [-0.2, -0.15) is 5.26 Å². The number of hydrogen-bond donors (Lipinski definition) is 1. The lowest BCUT2D eigenvalue weighted by molar-refractivity contribution is 0.557. The molecular weight excluding hydrogens is 352 g/mol. The Morgan fingerprint density at radius 2 is 1.57 bits per heavy atom. The lowest BCUT2D eigenvalue weighted by atomic mass is 10.1. The fourth-order valence-electron chi connectivity index (χ4n) is 1.68. The van der Waals surface area contributed by atoms with Gasteiger partial charge in [-0.05, 0) is 34.1 Å². The summed E-state index contributed by atoms with van der Waals surface area (Å²) >= 11 is 2.89. The van der Waals surface area contributed by atoms with Gasteiger partial charge < -0.3 is 5.32 Å². The van der Waals surface area contributed by atoms with E-state index >= 15 is 0 Å². The molecule has 1 N–H and O–H groups in total. The summed E-state index contributed by atoms with van der Waals surface area (Å²) in [6.45, 7) is -0.349. The molecule has 0 spiro atoms. The molecule has 0 unspecified atom stereocenters. The Kier molecular flexibility index (Phi) is 4.48. The summed E-state index contributed by atoms with van der Waals surface area (Å²) in [6.07, 6.45) is 0. The molecule has 0 aliphatic heterocycles. The Morgan fingerprint density at radius 3 is 2.14 bits per heavy atom. The van der Waals surface area contributed by atoms with Crippen molar-refractivity contribution >= 4 is 21.6 Å². The van der Waals surface area contributed by atoms with Crippen LogP contribution in [0.3, 0.4) is 0 Å². The first kappa shape index (κ1) is 15.3. The molecule has 0 amide bonds. The van der Waals surface area contributed by atoms with E-state index in [9.17, 15) is 17.6 Å². The number of nitrogens with zero attached hydrogens (tertiary/aromatic N) is 1. The number of benzene rings is 2. The monoisotopic (exact) mass is 358 g/mol. The fraction of sp³-hybridized carbons (Fsp3) is 0.0714. The van der Waals surface area contributed by atoms with E-state index in [1.165, 1.54) is 0 Å². The van der Waals surface area contributed by atoms with Gasteiger partial charge in [0.15, 0.2) is 0 Å². The van der Waals surface area contributed by atoms with Crippen LogP contribution in [0.15, 0.2) is 28.7 Å². The zero-order chi connectivity index (χ0) is 15.6. The lowest BCUT2D eigenvalue weighted by Gasteiger charge is -2.10. The summed E-state index contributed by atoms with van der Waals surface area (Å²) in [5, 5.41) is 11.1. The molecule has 0 aromatic heterocycles. The summed E-state index contributed by atoms with van der Waals surface area (Å²) in [6, 6.07) is 5.18. The van der Waals surface area contributed by atoms with Crippen molar-refractivity contribution in [1.29, 1.82) is 5.26 Å². The molecule has 0 fully saturated rings. The van der Waals surface area contributed by atoms with Gasteiger partial charge in [0.1, 0.15) is 23.3 Å². The van der Waals surface area contributed by atoms with E-state index in [1.807, 2.05) is 0 Å². The SMILES string of the molecule is N#Cc1cc(F)c(CNc2cc(Br)c(F)cc2F)c(F)c1. The molecule has 108 valence electrons. The molecule has 0 bridgehead atoms. The first-order valence-corrected chi connectivity index (χ1v) is 6.48. The Morgan fingerprint density at radius 1 is 0.952 bits per heavy atom. The molecule has 0 aliphatic carbocycles. The van der Waals surface area contributed by atoms with E-state index in [2.05, 4.69) is 21.2 Å². The van der Waals surface area contributed by atoms with Crippen molar-refractivity contribution in [3.05, 3.63) is 63.1 Å². The van der Waals surface area contributed by atoms with Crippen LogP contribution >= 0.6 is 15.9 Å². The molecule has 0 aliphatic rings. The Hall–Kier alpha value is -2.07. The van der Waals surface area contributed by atoms with Crippen LogP contribution in [0.5, 0.6) is 0 Å². The van der Waals surface area contributed by atoms with Crippen molar-refractivity contribution in [2.75, 3.05) is 5.32 Å². The zero-order valence-electron chi connectivity index (χ0n) is 10.4. The van der Waals surface area contributed by atoms with E-state index < -0.39 is 23.3 Å². The van der Waals surface area contributed by atoms with Gasteiger partial charge in [-0.25, -0.2) is 17.6 Å². The number of anilines is 1. The highest BCUT2D eigenvalue weighted by Gasteiger charge is 2.13. The van der Waals surface area contributed by atoms with Crippen LogP contribution in [-0.4, -0.2) is 0 Å². The molecule has 2 aromatic rings. The second kappa shape index (κ2) is 6.14. The number of hydrogen-bond acceptors (Lipinski definition) is 2. The molecule has 7 heteroatoms. The minimum Gasteiger partial charge on any atom is -0.378 e.